The van der Waals surface area contributed by atoms with E-state index in [9.17, 15) is 9.18 Å². The number of H-pyrrole nitrogens is 2. The average Bonchev–Trinajstić information content (AvgIpc) is 3.36. The number of benzene rings is 1. The first-order valence-corrected chi connectivity index (χ1v) is 12.0. The largest absolute Gasteiger partial charge is 0.340 e. The van der Waals surface area contributed by atoms with Gasteiger partial charge in [-0.1, -0.05) is 19.3 Å². The number of aromatic nitrogens is 5. The Kier molecular flexibility index (Phi) is 5.28. The molecule has 4 aromatic rings. The van der Waals surface area contributed by atoms with Crippen LogP contribution in [0.1, 0.15) is 39.0 Å². The lowest BCUT2D eigenvalue weighted by molar-refractivity contribution is -0.377. The first kappa shape index (κ1) is 21.5. The number of nitrogens with zero attached hydrogens (tertiary/aromatic N) is 5. The summed E-state index contributed by atoms with van der Waals surface area (Å²) < 4.78 is 14.5. The molecule has 35 heavy (non-hydrogen) atoms. The van der Waals surface area contributed by atoms with Gasteiger partial charge in [0.25, 0.3) is 5.91 Å². The van der Waals surface area contributed by atoms with E-state index in [0.717, 1.165) is 31.4 Å². The molecule has 178 valence electrons. The van der Waals surface area contributed by atoms with Crippen LogP contribution in [0.5, 0.6) is 0 Å². The summed E-state index contributed by atoms with van der Waals surface area (Å²) in [4.78, 5) is 29.9. The molecule has 1 fully saturated rings. The highest BCUT2D eigenvalue weighted by molar-refractivity contribution is 6.09. The van der Waals surface area contributed by atoms with Crippen molar-refractivity contribution < 1.29 is 14.2 Å². The Morgan fingerprint density at radius 1 is 1.20 bits per heavy atom. The van der Waals surface area contributed by atoms with Crippen molar-refractivity contribution in [3.05, 3.63) is 54.9 Å². The van der Waals surface area contributed by atoms with Crippen LogP contribution >= 0.6 is 0 Å². The quantitative estimate of drug-likeness (QED) is 0.459. The molecule has 1 atom stereocenters. The van der Waals surface area contributed by atoms with Crippen molar-refractivity contribution in [2.45, 2.75) is 51.1 Å². The van der Waals surface area contributed by atoms with Gasteiger partial charge in [-0.3, -0.25) is 14.8 Å². The normalized spacial score (nSPS) is 18.7. The first-order chi connectivity index (χ1) is 17.1. The molecule has 4 heterocycles. The average molecular weight is 474 g/mol. The maximum absolute atomic E-state index is 14.5. The molecule has 1 aliphatic carbocycles. The molecule has 0 unspecified atom stereocenters. The zero-order valence-electron chi connectivity index (χ0n) is 19.3. The minimum atomic E-state index is -0.407. The summed E-state index contributed by atoms with van der Waals surface area (Å²) in [5.74, 6) is 0.623. The Bertz CT molecular complexity index is 1390. The number of nitrogens with one attached hydrogen (secondary N) is 3. The fourth-order valence-corrected chi connectivity index (χ4v) is 5.24. The Morgan fingerprint density at radius 2 is 2.06 bits per heavy atom. The summed E-state index contributed by atoms with van der Waals surface area (Å²) in [6, 6.07) is 6.78. The van der Waals surface area contributed by atoms with Gasteiger partial charge in [0.1, 0.15) is 22.9 Å². The van der Waals surface area contributed by atoms with E-state index in [2.05, 4.69) is 30.4 Å². The zero-order chi connectivity index (χ0) is 23.9. The van der Waals surface area contributed by atoms with Crippen LogP contribution in [-0.4, -0.2) is 38.2 Å². The predicted molar refractivity (Wildman–Crippen MR) is 130 cm³/mol. The smallest absolute Gasteiger partial charge is 0.254 e. The van der Waals surface area contributed by atoms with Gasteiger partial charge in [0.2, 0.25) is 5.95 Å². The van der Waals surface area contributed by atoms with Crippen LogP contribution in [0.3, 0.4) is 0 Å². The predicted octanol–water partition coefficient (Wildman–Crippen LogP) is 4.26. The summed E-state index contributed by atoms with van der Waals surface area (Å²) in [5.41, 5.74) is 2.24. The number of fused-ring (bicyclic) bond motifs is 2. The number of rotatable bonds is 4. The number of anilines is 5. The molecule has 1 amide bonds. The van der Waals surface area contributed by atoms with E-state index >= 15 is 0 Å². The number of amides is 1. The molecule has 6 rings (SSSR count). The molecule has 1 aliphatic heterocycles. The van der Waals surface area contributed by atoms with Gasteiger partial charge in [0, 0.05) is 23.2 Å². The topological polar surface area (TPSA) is 104 Å². The van der Waals surface area contributed by atoms with E-state index in [1.165, 1.54) is 12.5 Å². The second kappa shape index (κ2) is 8.61. The Labute approximate surface area is 201 Å². The molecule has 10 heteroatoms. The molecule has 1 aromatic carbocycles. The van der Waals surface area contributed by atoms with Crippen LogP contribution in [0.4, 0.5) is 33.2 Å². The van der Waals surface area contributed by atoms with Crippen molar-refractivity contribution >= 4 is 45.6 Å². The van der Waals surface area contributed by atoms with E-state index in [-0.39, 0.29) is 18.0 Å². The third-order valence-corrected chi connectivity index (χ3v) is 6.90. The number of carbonyl (C=O) groups excluding carboxylic acids is 1. The monoisotopic (exact) mass is 473 g/mol. The number of hydrogen-bond donors (Lipinski definition) is 2. The van der Waals surface area contributed by atoms with Crippen molar-refractivity contribution in [2.24, 2.45) is 0 Å². The van der Waals surface area contributed by atoms with Crippen LogP contribution < -0.4 is 20.1 Å². The van der Waals surface area contributed by atoms with Gasteiger partial charge in [0.15, 0.2) is 24.0 Å². The lowest BCUT2D eigenvalue weighted by Gasteiger charge is -2.45. The fourth-order valence-electron chi connectivity index (χ4n) is 5.24. The van der Waals surface area contributed by atoms with E-state index in [1.54, 1.807) is 35.8 Å². The molecule has 9 nitrogen and oxygen atoms in total. The summed E-state index contributed by atoms with van der Waals surface area (Å²) in [6.07, 6.45) is 12.4. The zero-order valence-corrected chi connectivity index (χ0v) is 19.3. The van der Waals surface area contributed by atoms with Gasteiger partial charge in [-0.05, 0) is 38.0 Å². The minimum absolute atomic E-state index is 0.0144. The first-order valence-electron chi connectivity index (χ1n) is 12.0. The maximum Gasteiger partial charge on any atom is 0.254 e. The van der Waals surface area contributed by atoms with E-state index < -0.39 is 5.82 Å². The van der Waals surface area contributed by atoms with Crippen molar-refractivity contribution in [2.75, 3.05) is 15.1 Å². The highest BCUT2D eigenvalue weighted by atomic mass is 19.1. The number of hydrogen-bond acceptors (Lipinski definition) is 6. The van der Waals surface area contributed by atoms with E-state index in [0.29, 0.717) is 34.0 Å². The van der Waals surface area contributed by atoms with Gasteiger partial charge in [-0.2, -0.15) is 10.1 Å². The molecule has 3 aromatic heterocycles. The Morgan fingerprint density at radius 3 is 2.86 bits per heavy atom. The molecule has 0 spiro atoms. The van der Waals surface area contributed by atoms with Crippen molar-refractivity contribution in [3.63, 3.8) is 0 Å². The molecular weight excluding hydrogens is 447 g/mol. The van der Waals surface area contributed by atoms with Gasteiger partial charge in [-0.15, -0.1) is 0 Å². The summed E-state index contributed by atoms with van der Waals surface area (Å²) in [7, 11) is 0. The SMILES string of the molecule is C[C@@H]1C(=O)N(c2ccc[nH+]c2)c2cnc(Nc3cc(F)c4[nH]ncc4c3)nc2N1C1CCCCC1. The van der Waals surface area contributed by atoms with Gasteiger partial charge < -0.3 is 10.2 Å². The van der Waals surface area contributed by atoms with E-state index in [4.69, 9.17) is 4.98 Å². The highest BCUT2D eigenvalue weighted by Crippen LogP contribution is 2.42. The van der Waals surface area contributed by atoms with Crippen LogP contribution in [0.2, 0.25) is 0 Å². The molecule has 0 bridgehead atoms. The summed E-state index contributed by atoms with van der Waals surface area (Å²) >= 11 is 0. The van der Waals surface area contributed by atoms with Gasteiger partial charge in [0.05, 0.1) is 12.4 Å². The van der Waals surface area contributed by atoms with Crippen LogP contribution in [-0.2, 0) is 4.79 Å². The van der Waals surface area contributed by atoms with Crippen molar-refractivity contribution in [3.8, 4) is 0 Å². The molecule has 0 saturated heterocycles. The van der Waals surface area contributed by atoms with Crippen LogP contribution in [0, 0.1) is 5.82 Å². The molecule has 3 N–H and O–H groups in total. The number of pyridine rings is 1. The van der Waals surface area contributed by atoms with Crippen LogP contribution in [0.15, 0.2) is 49.1 Å². The minimum Gasteiger partial charge on any atom is -0.340 e. The third-order valence-electron chi connectivity index (χ3n) is 6.90. The maximum atomic E-state index is 14.5. The molecule has 2 aliphatic rings. The lowest BCUT2D eigenvalue weighted by Crippen LogP contribution is -2.55. The number of halogens is 1. The highest BCUT2D eigenvalue weighted by Gasteiger charge is 2.41. The van der Waals surface area contributed by atoms with Crippen molar-refractivity contribution in [1.29, 1.82) is 0 Å². The lowest BCUT2D eigenvalue weighted by atomic mass is 9.92. The van der Waals surface area contributed by atoms with Gasteiger partial charge in [-0.25, -0.2) is 14.4 Å². The van der Waals surface area contributed by atoms with Crippen molar-refractivity contribution in [1.82, 2.24) is 20.2 Å². The van der Waals surface area contributed by atoms with E-state index in [1.807, 2.05) is 19.1 Å². The third kappa shape index (κ3) is 3.74. The Hall–Kier alpha value is -4.08. The molecule has 0 radical (unpaired) electrons. The van der Waals surface area contributed by atoms with Gasteiger partial charge >= 0.3 is 0 Å². The standard InChI is InChI=1S/C25H25FN8O/c1-15-24(35)34(19-8-5-9-27-13-19)21-14-28-25(31-23(21)33(15)18-6-3-2-4-7-18)30-17-10-16-12-29-32-22(16)20(26)11-17/h5,8-15,18H,2-4,6-7H2,1H3,(H,29,32)(H,28,30,31)/p+1/t15-/m1/s1. The molecular formula is C25H26FN8O+. The summed E-state index contributed by atoms with van der Waals surface area (Å²) in [6.45, 7) is 1.94. The number of aromatic amines is 2. The number of carbonyl (C=O) groups is 1. The van der Waals surface area contributed by atoms with Crippen LogP contribution in [0.25, 0.3) is 10.9 Å². The molecule has 1 saturated carbocycles. The second-order valence-electron chi connectivity index (χ2n) is 9.13. The fraction of sp³-hybridized carbons (Fsp3) is 0.320. The Balaban J connectivity index is 1.44. The summed E-state index contributed by atoms with van der Waals surface area (Å²) in [5, 5.41) is 10.4. The second-order valence-corrected chi connectivity index (χ2v) is 9.13.